The third kappa shape index (κ3) is 2.42. The van der Waals surface area contributed by atoms with Crippen molar-refractivity contribution in [3.63, 3.8) is 0 Å². The van der Waals surface area contributed by atoms with Crippen LogP contribution in [0.3, 0.4) is 0 Å². The van der Waals surface area contributed by atoms with Crippen LogP contribution in [0.5, 0.6) is 0 Å². The van der Waals surface area contributed by atoms with E-state index < -0.39 is 0 Å². The summed E-state index contributed by atoms with van der Waals surface area (Å²) in [5.74, 6) is 1.34. The summed E-state index contributed by atoms with van der Waals surface area (Å²) in [6.07, 6.45) is 6.51. The maximum Gasteiger partial charge on any atom is 0.224 e. The van der Waals surface area contributed by atoms with Gasteiger partial charge in [-0.25, -0.2) is 4.98 Å². The highest BCUT2D eigenvalue weighted by atomic mass is 15.3. The van der Waals surface area contributed by atoms with Crippen LogP contribution in [0.15, 0.2) is 6.20 Å². The molecule has 1 spiro atoms. The second-order valence-electron chi connectivity index (χ2n) is 6.03. The lowest BCUT2D eigenvalue weighted by Crippen LogP contribution is -2.51. The molecule has 112 valence electrons. The molecular weight excluding hydrogens is 264 g/mol. The standard InChI is InChI=1S/C15H22N6/c1-17-14-18-11-12(10-16)13(19-14)21-8-5-15(6-9-21)4-3-7-20(15)2/h11H,3-9H2,1-2H3,(H,17,18,19). The Bertz CT molecular complexity index is 556. The van der Waals surface area contributed by atoms with E-state index in [0.717, 1.165) is 31.7 Å². The first-order valence-corrected chi connectivity index (χ1v) is 7.60. The van der Waals surface area contributed by atoms with Crippen molar-refractivity contribution in [3.05, 3.63) is 11.8 Å². The fourth-order valence-corrected chi connectivity index (χ4v) is 3.65. The number of hydrogen-bond acceptors (Lipinski definition) is 6. The summed E-state index contributed by atoms with van der Waals surface area (Å²) in [5, 5.41) is 12.2. The molecule has 3 rings (SSSR count). The Balaban J connectivity index is 1.79. The first kappa shape index (κ1) is 14.1. The third-order valence-electron chi connectivity index (χ3n) is 5.05. The van der Waals surface area contributed by atoms with E-state index in [9.17, 15) is 5.26 Å². The van der Waals surface area contributed by atoms with Crippen LogP contribution in [0.25, 0.3) is 0 Å². The lowest BCUT2D eigenvalue weighted by molar-refractivity contribution is 0.137. The van der Waals surface area contributed by atoms with Gasteiger partial charge >= 0.3 is 0 Å². The van der Waals surface area contributed by atoms with Crippen molar-refractivity contribution in [1.29, 1.82) is 5.26 Å². The molecule has 6 heteroatoms. The smallest absolute Gasteiger partial charge is 0.224 e. The summed E-state index contributed by atoms with van der Waals surface area (Å²) in [4.78, 5) is 13.4. The molecule has 0 aromatic carbocycles. The Kier molecular flexibility index (Phi) is 3.68. The van der Waals surface area contributed by atoms with Crippen molar-refractivity contribution in [3.8, 4) is 6.07 Å². The van der Waals surface area contributed by atoms with Crippen LogP contribution < -0.4 is 10.2 Å². The van der Waals surface area contributed by atoms with Crippen LogP contribution in [0.4, 0.5) is 11.8 Å². The average molecular weight is 286 g/mol. The van der Waals surface area contributed by atoms with Gasteiger partial charge in [-0.3, -0.25) is 0 Å². The van der Waals surface area contributed by atoms with Gasteiger partial charge in [-0.05, 0) is 39.3 Å². The molecule has 0 saturated carbocycles. The molecule has 2 saturated heterocycles. The SMILES string of the molecule is CNc1ncc(C#N)c(N2CCC3(CCCN3C)CC2)n1. The molecule has 0 radical (unpaired) electrons. The van der Waals surface area contributed by atoms with E-state index in [2.05, 4.69) is 38.2 Å². The van der Waals surface area contributed by atoms with Gasteiger partial charge in [0.15, 0.2) is 5.82 Å². The summed E-state index contributed by atoms with van der Waals surface area (Å²) in [6, 6.07) is 2.21. The summed E-state index contributed by atoms with van der Waals surface area (Å²) >= 11 is 0. The molecule has 2 fully saturated rings. The second kappa shape index (κ2) is 5.49. The van der Waals surface area contributed by atoms with Crippen LogP contribution in [0.2, 0.25) is 0 Å². The molecule has 6 nitrogen and oxygen atoms in total. The van der Waals surface area contributed by atoms with Gasteiger partial charge in [0.05, 0.1) is 6.20 Å². The molecule has 1 aromatic heterocycles. The molecule has 3 heterocycles. The maximum atomic E-state index is 9.27. The monoisotopic (exact) mass is 286 g/mol. The van der Waals surface area contributed by atoms with Crippen LogP contribution in [-0.4, -0.2) is 54.1 Å². The number of nitrogens with one attached hydrogen (secondary N) is 1. The van der Waals surface area contributed by atoms with E-state index >= 15 is 0 Å². The molecule has 0 amide bonds. The molecule has 0 atom stereocenters. The van der Waals surface area contributed by atoms with Gasteiger partial charge in [-0.15, -0.1) is 0 Å². The molecule has 2 aliphatic heterocycles. The molecule has 2 aliphatic rings. The van der Waals surface area contributed by atoms with Crippen molar-refractivity contribution in [1.82, 2.24) is 14.9 Å². The molecule has 0 unspecified atom stereocenters. The highest BCUT2D eigenvalue weighted by Gasteiger charge is 2.41. The van der Waals surface area contributed by atoms with Crippen molar-refractivity contribution in [2.45, 2.75) is 31.2 Å². The Morgan fingerprint density at radius 1 is 1.29 bits per heavy atom. The summed E-state index contributed by atoms with van der Waals surface area (Å²) in [5.41, 5.74) is 0.937. The Morgan fingerprint density at radius 2 is 2.05 bits per heavy atom. The first-order chi connectivity index (χ1) is 10.2. The molecule has 1 N–H and O–H groups in total. The molecule has 21 heavy (non-hydrogen) atoms. The van der Waals surface area contributed by atoms with Crippen LogP contribution in [0.1, 0.15) is 31.2 Å². The van der Waals surface area contributed by atoms with Crippen molar-refractivity contribution < 1.29 is 0 Å². The first-order valence-electron chi connectivity index (χ1n) is 7.60. The minimum absolute atomic E-state index is 0.377. The summed E-state index contributed by atoms with van der Waals surface area (Å²) in [6.45, 7) is 3.12. The van der Waals surface area contributed by atoms with Gasteiger partial charge in [0.2, 0.25) is 5.95 Å². The predicted octanol–water partition coefficient (Wildman–Crippen LogP) is 1.45. The van der Waals surface area contributed by atoms with E-state index in [-0.39, 0.29) is 0 Å². The van der Waals surface area contributed by atoms with Crippen molar-refractivity contribution in [2.75, 3.05) is 43.9 Å². The minimum Gasteiger partial charge on any atom is -0.357 e. The number of nitriles is 1. The third-order valence-corrected chi connectivity index (χ3v) is 5.05. The van der Waals surface area contributed by atoms with Crippen LogP contribution >= 0.6 is 0 Å². The normalized spacial score (nSPS) is 21.5. The van der Waals surface area contributed by atoms with Gasteiger partial charge in [0.25, 0.3) is 0 Å². The van der Waals surface area contributed by atoms with E-state index in [1.54, 1.807) is 13.2 Å². The number of hydrogen-bond donors (Lipinski definition) is 1. The average Bonchev–Trinajstić information content (AvgIpc) is 2.88. The largest absolute Gasteiger partial charge is 0.357 e. The Morgan fingerprint density at radius 3 is 2.62 bits per heavy atom. The quantitative estimate of drug-likeness (QED) is 0.887. The van der Waals surface area contributed by atoms with Gasteiger partial charge in [0.1, 0.15) is 11.6 Å². The lowest BCUT2D eigenvalue weighted by atomic mass is 9.85. The number of likely N-dealkylation sites (tertiary alicyclic amines) is 1. The van der Waals surface area contributed by atoms with Gasteiger partial charge in [-0.2, -0.15) is 10.2 Å². The molecular formula is C15H22N6. The molecule has 1 aromatic rings. The minimum atomic E-state index is 0.377. The van der Waals surface area contributed by atoms with Gasteiger partial charge in [0, 0.05) is 25.7 Å². The van der Waals surface area contributed by atoms with E-state index in [1.807, 2.05) is 0 Å². The van der Waals surface area contributed by atoms with Crippen LogP contribution in [-0.2, 0) is 0 Å². The fourth-order valence-electron chi connectivity index (χ4n) is 3.65. The maximum absolute atomic E-state index is 9.27. The van der Waals surface area contributed by atoms with Crippen LogP contribution in [0, 0.1) is 11.3 Å². The predicted molar refractivity (Wildman–Crippen MR) is 82.3 cm³/mol. The Hall–Kier alpha value is -1.87. The fraction of sp³-hybridized carbons (Fsp3) is 0.667. The number of nitrogens with zero attached hydrogens (tertiary/aromatic N) is 5. The summed E-state index contributed by atoms with van der Waals surface area (Å²) in [7, 11) is 4.04. The highest BCUT2D eigenvalue weighted by molar-refractivity contribution is 5.55. The Labute approximate surface area is 125 Å². The number of rotatable bonds is 2. The van der Waals surface area contributed by atoms with Gasteiger partial charge < -0.3 is 15.1 Å². The number of anilines is 2. The summed E-state index contributed by atoms with van der Waals surface area (Å²) < 4.78 is 0. The molecule has 0 bridgehead atoms. The van der Waals surface area contributed by atoms with Gasteiger partial charge in [-0.1, -0.05) is 0 Å². The zero-order chi connectivity index (χ0) is 14.9. The number of piperidine rings is 1. The lowest BCUT2D eigenvalue weighted by Gasteiger charge is -2.44. The van der Waals surface area contributed by atoms with Crippen molar-refractivity contribution in [2.24, 2.45) is 0 Å². The zero-order valence-electron chi connectivity index (χ0n) is 12.8. The van der Waals surface area contributed by atoms with E-state index in [1.165, 1.54) is 19.4 Å². The topological polar surface area (TPSA) is 68.1 Å². The van der Waals surface area contributed by atoms with Crippen molar-refractivity contribution >= 4 is 11.8 Å². The second-order valence-corrected chi connectivity index (χ2v) is 6.03. The van der Waals surface area contributed by atoms with E-state index in [4.69, 9.17) is 0 Å². The van der Waals surface area contributed by atoms with E-state index in [0.29, 0.717) is 17.1 Å². The zero-order valence-corrected chi connectivity index (χ0v) is 12.8. The molecule has 0 aliphatic carbocycles. The number of aromatic nitrogens is 2. The highest BCUT2D eigenvalue weighted by Crippen LogP contribution is 2.38.